The normalized spacial score (nSPS) is 12.2. The molecule has 0 aromatic carbocycles. The Kier molecular flexibility index (Phi) is 5.19. The number of hydrogen-bond acceptors (Lipinski definition) is 3. The van der Waals surface area contributed by atoms with E-state index in [0.717, 1.165) is 19.3 Å². The maximum Gasteiger partial charge on any atom is 0.271 e. The molecule has 1 heterocycles. The number of nitrogens with zero attached hydrogens (tertiary/aromatic N) is 2. The van der Waals surface area contributed by atoms with Crippen LogP contribution in [0.3, 0.4) is 0 Å². The van der Waals surface area contributed by atoms with Crippen LogP contribution in [0.2, 0.25) is 5.15 Å². The number of halogens is 1. The molecule has 1 amide bonds. The molecule has 0 fully saturated rings. The molecule has 1 atom stereocenters. The topological polar surface area (TPSA) is 54.9 Å². The SMILES string of the molecule is CCCCC(C)NC(=O)c1cnc(Cl)cn1. The standard InChI is InChI=1S/C11H16ClN3O/c1-3-4-5-8(2)15-11(16)9-6-14-10(12)7-13-9/h6-8H,3-5H2,1-2H3,(H,15,16). The van der Waals surface area contributed by atoms with Gasteiger partial charge in [0, 0.05) is 6.04 Å². The minimum absolute atomic E-state index is 0.157. The lowest BCUT2D eigenvalue weighted by molar-refractivity contribution is 0.0932. The molecule has 5 heteroatoms. The average molecular weight is 242 g/mol. The van der Waals surface area contributed by atoms with E-state index in [1.54, 1.807) is 0 Å². The first-order valence-corrected chi connectivity index (χ1v) is 5.79. The lowest BCUT2D eigenvalue weighted by Gasteiger charge is -2.12. The van der Waals surface area contributed by atoms with Gasteiger partial charge in [0.25, 0.3) is 5.91 Å². The summed E-state index contributed by atoms with van der Waals surface area (Å²) in [6.45, 7) is 4.11. The summed E-state index contributed by atoms with van der Waals surface area (Å²) < 4.78 is 0. The van der Waals surface area contributed by atoms with Gasteiger partial charge >= 0.3 is 0 Å². The lowest BCUT2D eigenvalue weighted by Crippen LogP contribution is -2.33. The molecule has 0 saturated heterocycles. The van der Waals surface area contributed by atoms with Gasteiger partial charge in [0.2, 0.25) is 0 Å². The van der Waals surface area contributed by atoms with E-state index in [0.29, 0.717) is 5.69 Å². The van der Waals surface area contributed by atoms with Gasteiger partial charge in [-0.25, -0.2) is 9.97 Å². The lowest BCUT2D eigenvalue weighted by atomic mass is 10.1. The summed E-state index contributed by atoms with van der Waals surface area (Å²) in [5.74, 6) is -0.201. The van der Waals surface area contributed by atoms with Gasteiger partial charge in [-0.05, 0) is 13.3 Å². The number of hydrogen-bond donors (Lipinski definition) is 1. The summed E-state index contributed by atoms with van der Waals surface area (Å²) in [5, 5.41) is 3.15. The van der Waals surface area contributed by atoms with E-state index in [2.05, 4.69) is 22.2 Å². The summed E-state index contributed by atoms with van der Waals surface area (Å²) in [6.07, 6.45) is 5.95. The smallest absolute Gasteiger partial charge is 0.271 e. The number of carbonyl (C=O) groups excluding carboxylic acids is 1. The minimum atomic E-state index is -0.201. The third kappa shape index (κ3) is 4.14. The molecule has 1 unspecified atom stereocenters. The van der Waals surface area contributed by atoms with Crippen LogP contribution in [0, 0.1) is 0 Å². The van der Waals surface area contributed by atoms with Crippen LogP contribution in [0.5, 0.6) is 0 Å². The van der Waals surface area contributed by atoms with E-state index in [-0.39, 0.29) is 17.1 Å². The number of rotatable bonds is 5. The number of amides is 1. The largest absolute Gasteiger partial charge is 0.348 e. The van der Waals surface area contributed by atoms with E-state index in [9.17, 15) is 4.79 Å². The zero-order chi connectivity index (χ0) is 12.0. The van der Waals surface area contributed by atoms with Crippen molar-refractivity contribution in [1.29, 1.82) is 0 Å². The number of unbranched alkanes of at least 4 members (excludes halogenated alkanes) is 1. The van der Waals surface area contributed by atoms with E-state index in [1.807, 2.05) is 6.92 Å². The molecule has 0 saturated carbocycles. The van der Waals surface area contributed by atoms with Gasteiger partial charge < -0.3 is 5.32 Å². The van der Waals surface area contributed by atoms with Crippen molar-refractivity contribution in [3.63, 3.8) is 0 Å². The van der Waals surface area contributed by atoms with Crippen molar-refractivity contribution in [2.45, 2.75) is 39.2 Å². The van der Waals surface area contributed by atoms with Gasteiger partial charge in [0.05, 0.1) is 12.4 Å². The first kappa shape index (κ1) is 12.9. The third-order valence-electron chi connectivity index (χ3n) is 2.22. The number of nitrogens with one attached hydrogen (secondary N) is 1. The zero-order valence-electron chi connectivity index (χ0n) is 9.53. The second-order valence-corrected chi connectivity index (χ2v) is 4.13. The van der Waals surface area contributed by atoms with E-state index in [1.165, 1.54) is 12.4 Å². The van der Waals surface area contributed by atoms with Crippen LogP contribution in [0.4, 0.5) is 0 Å². The highest BCUT2D eigenvalue weighted by Gasteiger charge is 2.10. The molecule has 0 aliphatic heterocycles. The van der Waals surface area contributed by atoms with Crippen molar-refractivity contribution in [1.82, 2.24) is 15.3 Å². The Morgan fingerprint density at radius 2 is 2.25 bits per heavy atom. The fourth-order valence-electron chi connectivity index (χ4n) is 1.31. The van der Waals surface area contributed by atoms with Crippen LogP contribution < -0.4 is 5.32 Å². The molecule has 16 heavy (non-hydrogen) atoms. The molecule has 1 N–H and O–H groups in total. The van der Waals surface area contributed by atoms with E-state index in [4.69, 9.17) is 11.6 Å². The predicted molar refractivity (Wildman–Crippen MR) is 63.5 cm³/mol. The second kappa shape index (κ2) is 6.43. The molecule has 88 valence electrons. The Balaban J connectivity index is 2.48. The van der Waals surface area contributed by atoms with Crippen LogP contribution in [-0.4, -0.2) is 21.9 Å². The first-order valence-electron chi connectivity index (χ1n) is 5.42. The van der Waals surface area contributed by atoms with Crippen molar-refractivity contribution in [2.75, 3.05) is 0 Å². The zero-order valence-corrected chi connectivity index (χ0v) is 10.3. The van der Waals surface area contributed by atoms with Crippen LogP contribution in [-0.2, 0) is 0 Å². The summed E-state index contributed by atoms with van der Waals surface area (Å²) >= 11 is 5.59. The van der Waals surface area contributed by atoms with Crippen LogP contribution in [0.1, 0.15) is 43.6 Å². The molecule has 0 aliphatic carbocycles. The maximum absolute atomic E-state index is 11.7. The Labute approximate surface area is 100 Å². The quantitative estimate of drug-likeness (QED) is 0.862. The fourth-order valence-corrected chi connectivity index (χ4v) is 1.41. The predicted octanol–water partition coefficient (Wildman–Crippen LogP) is 2.44. The average Bonchev–Trinajstić information content (AvgIpc) is 2.27. The summed E-state index contributed by atoms with van der Waals surface area (Å²) in [5.41, 5.74) is 0.299. The molecule has 0 aliphatic rings. The molecule has 4 nitrogen and oxygen atoms in total. The van der Waals surface area contributed by atoms with E-state index >= 15 is 0 Å². The maximum atomic E-state index is 11.7. The number of aromatic nitrogens is 2. The van der Waals surface area contributed by atoms with Gasteiger partial charge in [-0.2, -0.15) is 0 Å². The third-order valence-corrected chi connectivity index (χ3v) is 2.42. The van der Waals surface area contributed by atoms with Crippen molar-refractivity contribution >= 4 is 17.5 Å². The van der Waals surface area contributed by atoms with Crippen molar-refractivity contribution in [3.8, 4) is 0 Å². The van der Waals surface area contributed by atoms with E-state index < -0.39 is 0 Å². The summed E-state index contributed by atoms with van der Waals surface area (Å²) in [6, 6.07) is 0.157. The summed E-state index contributed by atoms with van der Waals surface area (Å²) in [4.78, 5) is 19.4. The first-order chi connectivity index (χ1) is 7.63. The molecular formula is C11H16ClN3O. The Bertz CT molecular complexity index is 340. The molecule has 1 rings (SSSR count). The van der Waals surface area contributed by atoms with Gasteiger partial charge in [0.15, 0.2) is 0 Å². The van der Waals surface area contributed by atoms with Gasteiger partial charge in [0.1, 0.15) is 10.8 Å². The van der Waals surface area contributed by atoms with Gasteiger partial charge in [-0.3, -0.25) is 4.79 Å². The highest BCUT2D eigenvalue weighted by molar-refractivity contribution is 6.29. The second-order valence-electron chi connectivity index (χ2n) is 3.74. The Morgan fingerprint density at radius 3 is 2.81 bits per heavy atom. The van der Waals surface area contributed by atoms with Gasteiger partial charge in [-0.15, -0.1) is 0 Å². The molecule has 1 aromatic heterocycles. The van der Waals surface area contributed by atoms with Crippen molar-refractivity contribution < 1.29 is 4.79 Å². The van der Waals surface area contributed by atoms with Crippen LogP contribution in [0.25, 0.3) is 0 Å². The molecule has 0 bridgehead atoms. The highest BCUT2D eigenvalue weighted by Crippen LogP contribution is 2.03. The Hall–Kier alpha value is -1.16. The highest BCUT2D eigenvalue weighted by atomic mass is 35.5. The van der Waals surface area contributed by atoms with Crippen LogP contribution in [0.15, 0.2) is 12.4 Å². The monoisotopic (exact) mass is 241 g/mol. The minimum Gasteiger partial charge on any atom is -0.348 e. The number of carbonyl (C=O) groups is 1. The molecular weight excluding hydrogens is 226 g/mol. The molecule has 0 spiro atoms. The Morgan fingerprint density at radius 1 is 1.50 bits per heavy atom. The summed E-state index contributed by atoms with van der Waals surface area (Å²) in [7, 11) is 0. The molecule has 0 radical (unpaired) electrons. The molecule has 1 aromatic rings. The van der Waals surface area contributed by atoms with Gasteiger partial charge in [-0.1, -0.05) is 31.4 Å². The fraction of sp³-hybridized carbons (Fsp3) is 0.545. The van der Waals surface area contributed by atoms with Crippen LogP contribution >= 0.6 is 11.6 Å². The van der Waals surface area contributed by atoms with Crippen molar-refractivity contribution in [3.05, 3.63) is 23.2 Å². The van der Waals surface area contributed by atoms with Crippen molar-refractivity contribution in [2.24, 2.45) is 0 Å².